The van der Waals surface area contributed by atoms with E-state index in [1.165, 1.54) is 43.4 Å². The summed E-state index contributed by atoms with van der Waals surface area (Å²) in [5.41, 5.74) is 6.66. The van der Waals surface area contributed by atoms with Crippen LogP contribution in [0.25, 0.3) is 76.5 Å². The largest absolute Gasteiger partial charge is 0.455 e. The number of benzene rings is 7. The summed E-state index contributed by atoms with van der Waals surface area (Å²) in [7, 11) is 0. The fourth-order valence-electron chi connectivity index (χ4n) is 5.79. The molecule has 162 valence electrons. The minimum atomic E-state index is 0.931. The summed E-state index contributed by atoms with van der Waals surface area (Å²) in [6, 6.07) is 43.7. The maximum atomic E-state index is 6.28. The third kappa shape index (κ3) is 2.64. The molecule has 35 heavy (non-hydrogen) atoms. The van der Waals surface area contributed by atoms with Crippen molar-refractivity contribution in [1.29, 1.82) is 0 Å². The molecule has 0 atom stereocenters. The first-order chi connectivity index (χ1) is 17.3. The van der Waals surface area contributed by atoms with Crippen LogP contribution in [0.4, 0.5) is 0 Å². The lowest BCUT2D eigenvalue weighted by Crippen LogP contribution is -1.87. The van der Waals surface area contributed by atoms with E-state index in [4.69, 9.17) is 4.42 Å². The van der Waals surface area contributed by atoms with E-state index in [2.05, 4.69) is 109 Å². The minimum Gasteiger partial charge on any atom is -0.455 e. The van der Waals surface area contributed by atoms with Crippen molar-refractivity contribution in [1.82, 2.24) is 0 Å². The Labute approximate surface area is 202 Å². The Kier molecular flexibility index (Phi) is 3.72. The van der Waals surface area contributed by atoms with Gasteiger partial charge in [-0.1, -0.05) is 115 Å². The average molecular weight is 445 g/mol. The van der Waals surface area contributed by atoms with E-state index in [0.717, 1.165) is 33.1 Å². The van der Waals surface area contributed by atoms with Gasteiger partial charge in [0, 0.05) is 16.3 Å². The molecule has 1 heteroatoms. The highest BCUT2D eigenvalue weighted by atomic mass is 16.3. The molecule has 0 fully saturated rings. The van der Waals surface area contributed by atoms with Crippen molar-refractivity contribution in [3.05, 3.63) is 121 Å². The van der Waals surface area contributed by atoms with Crippen LogP contribution in [0, 0.1) is 0 Å². The summed E-state index contributed by atoms with van der Waals surface area (Å²) in [6.45, 7) is 0. The van der Waals surface area contributed by atoms with Crippen LogP contribution in [0.5, 0.6) is 0 Å². The molecule has 0 spiro atoms. The molecule has 8 rings (SSSR count). The Bertz CT molecular complexity index is 2020. The number of para-hydroxylation sites is 2. The summed E-state index contributed by atoms with van der Waals surface area (Å²) >= 11 is 0. The fourth-order valence-corrected chi connectivity index (χ4v) is 5.79. The monoisotopic (exact) mass is 444 g/mol. The summed E-state index contributed by atoms with van der Waals surface area (Å²) in [4.78, 5) is 0. The van der Waals surface area contributed by atoms with Crippen LogP contribution >= 0.6 is 0 Å². The molecular formula is C34H20O. The van der Waals surface area contributed by atoms with E-state index in [9.17, 15) is 0 Å². The smallest absolute Gasteiger partial charge is 0.143 e. The Morgan fingerprint density at radius 1 is 0.371 bits per heavy atom. The Morgan fingerprint density at radius 3 is 1.83 bits per heavy atom. The number of hydrogen-bond acceptors (Lipinski definition) is 1. The van der Waals surface area contributed by atoms with E-state index < -0.39 is 0 Å². The molecule has 0 unspecified atom stereocenters. The van der Waals surface area contributed by atoms with Gasteiger partial charge in [-0.15, -0.1) is 0 Å². The molecule has 0 aliphatic heterocycles. The second-order valence-corrected chi connectivity index (χ2v) is 9.33. The lowest BCUT2D eigenvalue weighted by atomic mass is 9.89. The van der Waals surface area contributed by atoms with Gasteiger partial charge in [-0.25, -0.2) is 0 Å². The summed E-state index contributed by atoms with van der Waals surface area (Å²) < 4.78 is 6.28. The lowest BCUT2D eigenvalue weighted by Gasteiger charge is -2.14. The van der Waals surface area contributed by atoms with Crippen molar-refractivity contribution in [3.63, 3.8) is 0 Å². The third-order valence-corrected chi connectivity index (χ3v) is 7.44. The molecule has 1 nitrogen and oxygen atoms in total. The molecule has 0 amide bonds. The second-order valence-electron chi connectivity index (χ2n) is 9.33. The van der Waals surface area contributed by atoms with Gasteiger partial charge in [-0.05, 0) is 55.1 Å². The van der Waals surface area contributed by atoms with Crippen LogP contribution in [-0.4, -0.2) is 0 Å². The zero-order chi connectivity index (χ0) is 22.9. The molecule has 0 saturated carbocycles. The summed E-state index contributed by atoms with van der Waals surface area (Å²) in [5.74, 6) is 0. The predicted molar refractivity (Wildman–Crippen MR) is 148 cm³/mol. The second kappa shape index (κ2) is 6.94. The van der Waals surface area contributed by atoms with E-state index in [-0.39, 0.29) is 0 Å². The standard InChI is InChI=1S/C34H20O/c1-2-10-31-28(7-1)30-9-4-8-27(34(30)35-31)22-13-11-21(12-14-22)26-19-17-25-16-15-23-5-3-6-24-18-20-29(26)33(25)32(23)24/h1-20H. The van der Waals surface area contributed by atoms with Gasteiger partial charge in [-0.3, -0.25) is 0 Å². The Hall–Kier alpha value is -4.62. The molecule has 0 bridgehead atoms. The van der Waals surface area contributed by atoms with E-state index in [1.807, 2.05) is 12.1 Å². The maximum absolute atomic E-state index is 6.28. The zero-order valence-corrected chi connectivity index (χ0v) is 19.0. The van der Waals surface area contributed by atoms with Gasteiger partial charge >= 0.3 is 0 Å². The van der Waals surface area contributed by atoms with Crippen molar-refractivity contribution in [2.45, 2.75) is 0 Å². The third-order valence-electron chi connectivity index (χ3n) is 7.44. The Balaban J connectivity index is 1.31. The first kappa shape index (κ1) is 18.8. The highest BCUT2D eigenvalue weighted by molar-refractivity contribution is 6.25. The molecule has 0 N–H and O–H groups in total. The van der Waals surface area contributed by atoms with Crippen molar-refractivity contribution >= 4 is 54.3 Å². The van der Waals surface area contributed by atoms with Crippen molar-refractivity contribution in [2.24, 2.45) is 0 Å². The number of hydrogen-bond donors (Lipinski definition) is 0. The summed E-state index contributed by atoms with van der Waals surface area (Å²) in [6.07, 6.45) is 0. The molecule has 0 radical (unpaired) electrons. The quantitative estimate of drug-likeness (QED) is 0.242. The van der Waals surface area contributed by atoms with Crippen LogP contribution < -0.4 is 0 Å². The topological polar surface area (TPSA) is 13.1 Å². The number of furan rings is 1. The molecular weight excluding hydrogens is 424 g/mol. The lowest BCUT2D eigenvalue weighted by molar-refractivity contribution is 0.670. The van der Waals surface area contributed by atoms with Crippen molar-refractivity contribution < 1.29 is 4.42 Å². The SMILES string of the molecule is c1cc2ccc3ccc(-c4ccc(-c5cccc6c5oc5ccccc56)cc4)c4ccc(c1)c2c34. The highest BCUT2D eigenvalue weighted by Crippen LogP contribution is 2.40. The van der Waals surface area contributed by atoms with Gasteiger partial charge < -0.3 is 4.42 Å². The van der Waals surface area contributed by atoms with Crippen molar-refractivity contribution in [3.8, 4) is 22.3 Å². The molecule has 7 aromatic carbocycles. The first-order valence-corrected chi connectivity index (χ1v) is 12.0. The first-order valence-electron chi connectivity index (χ1n) is 12.0. The van der Waals surface area contributed by atoms with Gasteiger partial charge in [0.25, 0.3) is 0 Å². The molecule has 0 aliphatic carbocycles. The predicted octanol–water partition coefficient (Wildman–Crippen LogP) is 9.82. The fraction of sp³-hybridized carbons (Fsp3) is 0. The van der Waals surface area contributed by atoms with Crippen LogP contribution in [-0.2, 0) is 0 Å². The number of fused-ring (bicyclic) bond motifs is 3. The molecule has 1 aromatic heterocycles. The Morgan fingerprint density at radius 2 is 1.00 bits per heavy atom. The number of rotatable bonds is 2. The van der Waals surface area contributed by atoms with Crippen LogP contribution in [0.2, 0.25) is 0 Å². The van der Waals surface area contributed by atoms with Gasteiger partial charge in [0.15, 0.2) is 0 Å². The van der Waals surface area contributed by atoms with Gasteiger partial charge in [0.2, 0.25) is 0 Å². The normalized spacial score (nSPS) is 12.0. The maximum Gasteiger partial charge on any atom is 0.143 e. The molecule has 8 aromatic rings. The van der Waals surface area contributed by atoms with Crippen LogP contribution in [0.3, 0.4) is 0 Å². The van der Waals surface area contributed by atoms with Gasteiger partial charge in [-0.2, -0.15) is 0 Å². The van der Waals surface area contributed by atoms with Crippen molar-refractivity contribution in [2.75, 3.05) is 0 Å². The van der Waals surface area contributed by atoms with E-state index in [1.54, 1.807) is 0 Å². The van der Waals surface area contributed by atoms with Crippen LogP contribution in [0.15, 0.2) is 126 Å². The van der Waals surface area contributed by atoms with Gasteiger partial charge in [0.1, 0.15) is 11.2 Å². The highest BCUT2D eigenvalue weighted by Gasteiger charge is 2.14. The minimum absolute atomic E-state index is 0.931. The average Bonchev–Trinajstić information content (AvgIpc) is 3.31. The molecule has 0 aliphatic rings. The van der Waals surface area contributed by atoms with Gasteiger partial charge in [0.05, 0.1) is 0 Å². The molecule has 0 saturated heterocycles. The van der Waals surface area contributed by atoms with E-state index >= 15 is 0 Å². The molecule has 1 heterocycles. The summed E-state index contributed by atoms with van der Waals surface area (Å²) in [5, 5.41) is 10.2. The van der Waals surface area contributed by atoms with Crippen LogP contribution in [0.1, 0.15) is 0 Å². The zero-order valence-electron chi connectivity index (χ0n) is 19.0. The van der Waals surface area contributed by atoms with E-state index in [0.29, 0.717) is 0 Å².